The highest BCUT2D eigenvalue weighted by atomic mass is 16.6. The number of nitro groups is 2. The molecule has 1 heterocycles. The average Bonchev–Trinajstić information content (AvgIpc) is 2.93. The molecule has 0 saturated heterocycles. The lowest BCUT2D eigenvalue weighted by Gasteiger charge is -2.22. The van der Waals surface area contributed by atoms with Crippen LogP contribution in [0.3, 0.4) is 0 Å². The van der Waals surface area contributed by atoms with Crippen LogP contribution in [0.25, 0.3) is 0 Å². The largest absolute Gasteiger partial charge is 0.496 e. The lowest BCUT2D eigenvalue weighted by molar-refractivity contribution is -0.384. The number of amides is 2. The van der Waals surface area contributed by atoms with Gasteiger partial charge in [0.1, 0.15) is 34.3 Å². The Kier molecular flexibility index (Phi) is 8.53. The van der Waals surface area contributed by atoms with Gasteiger partial charge in [-0.25, -0.2) is 4.98 Å². The number of nitrogens with zero attached hydrogens (tertiary/aromatic N) is 5. The summed E-state index contributed by atoms with van der Waals surface area (Å²) in [7, 11) is 2.74. The first kappa shape index (κ1) is 27.5. The van der Waals surface area contributed by atoms with Crippen LogP contribution in [-0.4, -0.2) is 54.0 Å². The van der Waals surface area contributed by atoms with E-state index in [4.69, 9.17) is 9.47 Å². The summed E-state index contributed by atoms with van der Waals surface area (Å²) >= 11 is 0. The van der Waals surface area contributed by atoms with E-state index in [1.165, 1.54) is 78.6 Å². The maximum absolute atomic E-state index is 13.4. The Labute approximate surface area is 217 Å². The van der Waals surface area contributed by atoms with Crippen LogP contribution in [0, 0.1) is 20.2 Å². The fraction of sp³-hybridized carbons (Fsp3) is 0.240. The molecule has 0 radical (unpaired) electrons. The second-order valence-electron chi connectivity index (χ2n) is 7.73. The van der Waals surface area contributed by atoms with Crippen molar-refractivity contribution in [1.29, 1.82) is 0 Å². The Balaban J connectivity index is 2.00. The van der Waals surface area contributed by atoms with Crippen LogP contribution in [0.15, 0.2) is 54.6 Å². The molecule has 0 aliphatic carbocycles. The number of methoxy groups -OCH3 is 2. The maximum atomic E-state index is 13.4. The van der Waals surface area contributed by atoms with E-state index in [9.17, 15) is 29.8 Å². The van der Waals surface area contributed by atoms with Gasteiger partial charge in [0.05, 0.1) is 36.2 Å². The third-order valence-corrected chi connectivity index (χ3v) is 5.65. The highest BCUT2D eigenvalue weighted by molar-refractivity contribution is 6.09. The quantitative estimate of drug-likeness (QED) is 0.280. The highest BCUT2D eigenvalue weighted by Gasteiger charge is 2.29. The molecule has 0 fully saturated rings. The third kappa shape index (κ3) is 5.51. The summed E-state index contributed by atoms with van der Waals surface area (Å²) in [6.45, 7) is 3.43. The molecule has 198 valence electrons. The zero-order valence-corrected chi connectivity index (χ0v) is 21.1. The molecule has 13 nitrogen and oxygen atoms in total. The fourth-order valence-corrected chi connectivity index (χ4v) is 3.81. The summed E-state index contributed by atoms with van der Waals surface area (Å²) in [5, 5.41) is 23.3. The molecule has 0 unspecified atom stereocenters. The van der Waals surface area contributed by atoms with E-state index in [1.54, 1.807) is 13.8 Å². The minimum atomic E-state index is -0.672. The lowest BCUT2D eigenvalue weighted by Crippen LogP contribution is -2.34. The van der Waals surface area contributed by atoms with Crippen LogP contribution in [0.4, 0.5) is 22.7 Å². The summed E-state index contributed by atoms with van der Waals surface area (Å²) in [5.41, 5.74) is -0.880. The van der Waals surface area contributed by atoms with Crippen molar-refractivity contribution in [3.05, 3.63) is 86.2 Å². The number of carbonyl (C=O) groups excluding carboxylic acids is 2. The molecular formula is C25H25N5O8. The summed E-state index contributed by atoms with van der Waals surface area (Å²) < 4.78 is 10.1. The monoisotopic (exact) mass is 523 g/mol. The summed E-state index contributed by atoms with van der Waals surface area (Å²) in [6.07, 6.45) is 0. The SMILES string of the molecule is CCN(C(=O)c1cccc(C(=O)N(CC)c2ccc(OC)cc2[N+](=O)[O-])n1)c1ccc(OC)cc1[N+](=O)[O-]. The van der Waals surface area contributed by atoms with E-state index in [2.05, 4.69) is 4.98 Å². The number of aromatic nitrogens is 1. The molecule has 0 spiro atoms. The summed E-state index contributed by atoms with van der Waals surface area (Å²) in [5.74, 6) is -0.841. The van der Waals surface area contributed by atoms with Crippen molar-refractivity contribution in [1.82, 2.24) is 4.98 Å². The van der Waals surface area contributed by atoms with Crippen molar-refractivity contribution in [3.63, 3.8) is 0 Å². The number of carbonyl (C=O) groups is 2. The number of hydrogen-bond acceptors (Lipinski definition) is 9. The lowest BCUT2D eigenvalue weighted by atomic mass is 10.2. The minimum absolute atomic E-state index is 0.0332. The second-order valence-corrected chi connectivity index (χ2v) is 7.73. The fourth-order valence-electron chi connectivity index (χ4n) is 3.81. The van der Waals surface area contributed by atoms with Crippen LogP contribution in [-0.2, 0) is 0 Å². The van der Waals surface area contributed by atoms with Gasteiger partial charge in [0.15, 0.2) is 0 Å². The minimum Gasteiger partial charge on any atom is -0.496 e. The third-order valence-electron chi connectivity index (χ3n) is 5.65. The molecule has 2 aromatic carbocycles. The van der Waals surface area contributed by atoms with Crippen LogP contribution < -0.4 is 19.3 Å². The van der Waals surface area contributed by atoms with Gasteiger partial charge in [-0.2, -0.15) is 0 Å². The van der Waals surface area contributed by atoms with Gasteiger partial charge < -0.3 is 19.3 Å². The number of anilines is 2. The first-order valence-corrected chi connectivity index (χ1v) is 11.4. The average molecular weight is 524 g/mol. The van der Waals surface area contributed by atoms with E-state index in [1.807, 2.05) is 0 Å². The summed E-state index contributed by atoms with van der Waals surface area (Å²) in [4.78, 5) is 55.4. The van der Waals surface area contributed by atoms with Gasteiger partial charge in [-0.15, -0.1) is 0 Å². The number of pyridine rings is 1. The summed E-state index contributed by atoms with van der Waals surface area (Å²) in [6, 6.07) is 12.4. The molecule has 0 atom stereocenters. The van der Waals surface area contributed by atoms with Crippen molar-refractivity contribution in [2.45, 2.75) is 13.8 Å². The van der Waals surface area contributed by atoms with Gasteiger partial charge in [0.2, 0.25) is 0 Å². The molecule has 38 heavy (non-hydrogen) atoms. The van der Waals surface area contributed by atoms with Gasteiger partial charge in [-0.1, -0.05) is 6.07 Å². The van der Waals surface area contributed by atoms with Gasteiger partial charge in [-0.3, -0.25) is 29.8 Å². The molecule has 2 amide bonds. The second kappa shape index (κ2) is 11.8. The smallest absolute Gasteiger partial charge is 0.296 e. The molecule has 3 rings (SSSR count). The zero-order chi connectivity index (χ0) is 28.0. The van der Waals surface area contributed by atoms with Gasteiger partial charge in [-0.05, 0) is 50.2 Å². The normalized spacial score (nSPS) is 10.4. The number of nitro benzene ring substituents is 2. The molecule has 0 bridgehead atoms. The molecule has 3 aromatic rings. The predicted molar refractivity (Wildman–Crippen MR) is 138 cm³/mol. The van der Waals surface area contributed by atoms with E-state index < -0.39 is 21.7 Å². The van der Waals surface area contributed by atoms with E-state index >= 15 is 0 Å². The molecule has 0 aliphatic heterocycles. The van der Waals surface area contributed by atoms with E-state index in [0.717, 1.165) is 0 Å². The molecule has 13 heteroatoms. The topological polar surface area (TPSA) is 158 Å². The van der Waals surface area contributed by atoms with Crippen LogP contribution in [0.2, 0.25) is 0 Å². The Morgan fingerprint density at radius 2 is 1.16 bits per heavy atom. The van der Waals surface area contributed by atoms with Gasteiger partial charge >= 0.3 is 0 Å². The van der Waals surface area contributed by atoms with Crippen molar-refractivity contribution in [2.75, 3.05) is 37.1 Å². The Bertz CT molecular complexity index is 1290. The standard InChI is InChI=1S/C25H25N5O8/c1-5-27(20-12-10-16(37-3)14-22(20)29(33)34)24(31)18-8-7-9-19(26-18)25(32)28(6-2)21-13-11-17(38-4)15-23(21)30(35)36/h7-15H,5-6H2,1-4H3. The first-order chi connectivity index (χ1) is 18.2. The van der Waals surface area contributed by atoms with Gasteiger partial charge in [0.25, 0.3) is 23.2 Å². The molecule has 0 aliphatic rings. The van der Waals surface area contributed by atoms with Crippen LogP contribution in [0.5, 0.6) is 11.5 Å². The Morgan fingerprint density at radius 3 is 1.47 bits per heavy atom. The van der Waals surface area contributed by atoms with Crippen molar-refractivity contribution < 1.29 is 28.9 Å². The molecule has 1 aromatic heterocycles. The van der Waals surface area contributed by atoms with E-state index in [0.29, 0.717) is 0 Å². The Hall–Kier alpha value is -5.07. The number of benzene rings is 2. The number of rotatable bonds is 10. The van der Waals surface area contributed by atoms with Crippen molar-refractivity contribution in [3.8, 4) is 11.5 Å². The predicted octanol–water partition coefficient (Wildman–Crippen LogP) is 4.25. The number of ether oxygens (including phenoxy) is 2. The molecule has 0 saturated carbocycles. The number of hydrogen-bond donors (Lipinski definition) is 0. The highest BCUT2D eigenvalue weighted by Crippen LogP contribution is 2.34. The Morgan fingerprint density at radius 1 is 0.763 bits per heavy atom. The first-order valence-electron chi connectivity index (χ1n) is 11.4. The molecule has 0 N–H and O–H groups in total. The van der Waals surface area contributed by atoms with Gasteiger partial charge in [0, 0.05) is 13.1 Å². The van der Waals surface area contributed by atoms with Crippen molar-refractivity contribution in [2.24, 2.45) is 0 Å². The van der Waals surface area contributed by atoms with Crippen molar-refractivity contribution >= 4 is 34.6 Å². The zero-order valence-electron chi connectivity index (χ0n) is 21.1. The molecular weight excluding hydrogens is 498 g/mol. The van der Waals surface area contributed by atoms with Crippen LogP contribution in [0.1, 0.15) is 34.8 Å². The van der Waals surface area contributed by atoms with E-state index in [-0.39, 0.29) is 58.7 Å². The van der Waals surface area contributed by atoms with Crippen LogP contribution >= 0.6 is 0 Å². The maximum Gasteiger partial charge on any atom is 0.296 e.